The summed E-state index contributed by atoms with van der Waals surface area (Å²) in [5.74, 6) is 0.918. The summed E-state index contributed by atoms with van der Waals surface area (Å²) in [4.78, 5) is 0. The van der Waals surface area contributed by atoms with Gasteiger partial charge in [0.25, 0.3) is 0 Å². The second-order valence-corrected chi connectivity index (χ2v) is 5.26. The minimum atomic E-state index is 0.918. The zero-order valence-corrected chi connectivity index (χ0v) is 10.4. The Kier molecular flexibility index (Phi) is 5.36. The second kappa shape index (κ2) is 7.08. The summed E-state index contributed by atoms with van der Waals surface area (Å²) >= 11 is 0. The molecule has 2 nitrogen and oxygen atoms in total. The highest BCUT2D eigenvalue weighted by Gasteiger charge is 2.12. The summed E-state index contributed by atoms with van der Waals surface area (Å²) < 4.78 is 0. The molecule has 1 aliphatic carbocycles. The average Bonchev–Trinajstić information content (AvgIpc) is 2.37. The van der Waals surface area contributed by atoms with Crippen molar-refractivity contribution >= 4 is 0 Å². The molecule has 0 bridgehead atoms. The molecule has 0 aromatic heterocycles. The Morgan fingerprint density at radius 3 is 2.88 bits per heavy atom. The van der Waals surface area contributed by atoms with E-state index in [-0.39, 0.29) is 0 Å². The van der Waals surface area contributed by atoms with Crippen LogP contribution in [0.2, 0.25) is 0 Å². The Hall–Kier alpha value is -0.340. The maximum absolute atomic E-state index is 3.63. The van der Waals surface area contributed by atoms with Crippen molar-refractivity contribution in [2.24, 2.45) is 5.92 Å². The molecule has 0 amide bonds. The normalized spacial score (nSPS) is 23.1. The lowest BCUT2D eigenvalue weighted by Gasteiger charge is -2.23. The second-order valence-electron chi connectivity index (χ2n) is 5.26. The molecule has 1 saturated heterocycles. The van der Waals surface area contributed by atoms with Gasteiger partial charge in [-0.05, 0) is 77.0 Å². The van der Waals surface area contributed by atoms with Crippen LogP contribution < -0.4 is 10.6 Å². The number of nitrogens with one attached hydrogen (secondary N) is 2. The molecule has 16 heavy (non-hydrogen) atoms. The van der Waals surface area contributed by atoms with Gasteiger partial charge in [0.15, 0.2) is 0 Å². The number of hydrogen-bond acceptors (Lipinski definition) is 2. The van der Waals surface area contributed by atoms with Crippen molar-refractivity contribution in [2.75, 3.05) is 26.2 Å². The molecule has 2 heteroatoms. The van der Waals surface area contributed by atoms with Crippen LogP contribution in [0.4, 0.5) is 0 Å². The molecule has 0 aromatic rings. The van der Waals surface area contributed by atoms with Gasteiger partial charge in [0.1, 0.15) is 0 Å². The van der Waals surface area contributed by atoms with Crippen LogP contribution in [0.25, 0.3) is 0 Å². The van der Waals surface area contributed by atoms with E-state index in [1.54, 1.807) is 5.57 Å². The van der Waals surface area contributed by atoms with Gasteiger partial charge in [-0.25, -0.2) is 0 Å². The highest BCUT2D eigenvalue weighted by Crippen LogP contribution is 2.19. The predicted octanol–water partition coefficient (Wildman–Crippen LogP) is 2.47. The van der Waals surface area contributed by atoms with Gasteiger partial charge in [0, 0.05) is 0 Å². The molecule has 0 unspecified atom stereocenters. The quantitative estimate of drug-likeness (QED) is 0.551. The molecular formula is C14H26N2. The first kappa shape index (κ1) is 12.1. The van der Waals surface area contributed by atoms with Crippen molar-refractivity contribution in [2.45, 2.75) is 44.9 Å². The highest BCUT2D eigenvalue weighted by molar-refractivity contribution is 5.05. The summed E-state index contributed by atoms with van der Waals surface area (Å²) in [6.45, 7) is 4.86. The van der Waals surface area contributed by atoms with E-state index in [1.165, 1.54) is 71.1 Å². The first-order chi connectivity index (χ1) is 7.95. The summed E-state index contributed by atoms with van der Waals surface area (Å²) in [6, 6.07) is 0. The fraction of sp³-hybridized carbons (Fsp3) is 0.857. The lowest BCUT2D eigenvalue weighted by atomic mass is 9.96. The molecule has 0 radical (unpaired) electrons. The molecule has 2 rings (SSSR count). The smallest absolute Gasteiger partial charge is 0.00115 e. The lowest BCUT2D eigenvalue weighted by Crippen LogP contribution is -2.34. The van der Waals surface area contributed by atoms with Crippen LogP contribution in [-0.2, 0) is 0 Å². The molecule has 2 N–H and O–H groups in total. The molecular weight excluding hydrogens is 196 g/mol. The fourth-order valence-corrected chi connectivity index (χ4v) is 2.77. The molecule has 0 saturated carbocycles. The van der Waals surface area contributed by atoms with Crippen molar-refractivity contribution < 1.29 is 0 Å². The molecule has 1 fully saturated rings. The SMILES string of the molecule is C1=C(CCNCC2CCNCC2)CCCC1. The minimum Gasteiger partial charge on any atom is -0.317 e. The third kappa shape index (κ3) is 4.26. The summed E-state index contributed by atoms with van der Waals surface area (Å²) in [5.41, 5.74) is 1.70. The molecule has 0 spiro atoms. The van der Waals surface area contributed by atoms with Gasteiger partial charge in [0.2, 0.25) is 0 Å². The first-order valence-electron chi connectivity index (χ1n) is 7.04. The summed E-state index contributed by atoms with van der Waals surface area (Å²) in [5, 5.41) is 7.05. The van der Waals surface area contributed by atoms with E-state index >= 15 is 0 Å². The summed E-state index contributed by atoms with van der Waals surface area (Å²) in [7, 11) is 0. The van der Waals surface area contributed by atoms with Crippen molar-refractivity contribution in [1.29, 1.82) is 0 Å². The van der Waals surface area contributed by atoms with Gasteiger partial charge in [-0.3, -0.25) is 0 Å². The van der Waals surface area contributed by atoms with Crippen molar-refractivity contribution in [3.63, 3.8) is 0 Å². The summed E-state index contributed by atoms with van der Waals surface area (Å²) in [6.07, 6.45) is 12.0. The third-order valence-electron chi connectivity index (χ3n) is 3.90. The van der Waals surface area contributed by atoms with Gasteiger partial charge in [-0.15, -0.1) is 0 Å². The molecule has 0 atom stereocenters. The van der Waals surface area contributed by atoms with Crippen LogP contribution in [0.5, 0.6) is 0 Å². The number of piperidine rings is 1. The van der Waals surface area contributed by atoms with Gasteiger partial charge >= 0.3 is 0 Å². The van der Waals surface area contributed by atoms with Gasteiger partial charge in [-0.1, -0.05) is 11.6 Å². The van der Waals surface area contributed by atoms with Gasteiger partial charge in [-0.2, -0.15) is 0 Å². The lowest BCUT2D eigenvalue weighted by molar-refractivity contribution is 0.357. The Balaban J connectivity index is 1.52. The van der Waals surface area contributed by atoms with E-state index in [0.717, 1.165) is 5.92 Å². The monoisotopic (exact) mass is 222 g/mol. The van der Waals surface area contributed by atoms with Crippen LogP contribution >= 0.6 is 0 Å². The molecule has 92 valence electrons. The number of allylic oxidation sites excluding steroid dienone is 1. The third-order valence-corrected chi connectivity index (χ3v) is 3.90. The van der Waals surface area contributed by atoms with Crippen molar-refractivity contribution in [3.05, 3.63) is 11.6 Å². The Morgan fingerprint density at radius 2 is 2.12 bits per heavy atom. The number of hydrogen-bond donors (Lipinski definition) is 2. The first-order valence-corrected chi connectivity index (χ1v) is 7.04. The minimum absolute atomic E-state index is 0.918. The van der Waals surface area contributed by atoms with Crippen LogP contribution in [0.1, 0.15) is 44.9 Å². The van der Waals surface area contributed by atoms with E-state index in [1.807, 2.05) is 0 Å². The number of rotatable bonds is 5. The van der Waals surface area contributed by atoms with Crippen molar-refractivity contribution in [1.82, 2.24) is 10.6 Å². The molecule has 1 aliphatic heterocycles. The van der Waals surface area contributed by atoms with Crippen LogP contribution in [0.3, 0.4) is 0 Å². The standard InChI is InChI=1S/C14H26N2/c1-2-4-13(5-3-1)6-11-16-12-14-7-9-15-10-8-14/h4,14-16H,1-3,5-12H2. The zero-order valence-electron chi connectivity index (χ0n) is 10.4. The van der Waals surface area contributed by atoms with Gasteiger partial charge in [0.05, 0.1) is 0 Å². The van der Waals surface area contributed by atoms with Gasteiger partial charge < -0.3 is 10.6 Å². The van der Waals surface area contributed by atoms with E-state index in [2.05, 4.69) is 16.7 Å². The predicted molar refractivity (Wildman–Crippen MR) is 69.6 cm³/mol. The van der Waals surface area contributed by atoms with Crippen molar-refractivity contribution in [3.8, 4) is 0 Å². The molecule has 0 aromatic carbocycles. The Bertz CT molecular complexity index is 217. The molecule has 1 heterocycles. The topological polar surface area (TPSA) is 24.1 Å². The highest BCUT2D eigenvalue weighted by atomic mass is 14.9. The van der Waals surface area contributed by atoms with E-state index in [9.17, 15) is 0 Å². The zero-order chi connectivity index (χ0) is 11.1. The maximum atomic E-state index is 3.63. The average molecular weight is 222 g/mol. The van der Waals surface area contributed by atoms with Crippen LogP contribution in [-0.4, -0.2) is 26.2 Å². The maximum Gasteiger partial charge on any atom is -0.00115 e. The van der Waals surface area contributed by atoms with Crippen LogP contribution in [0, 0.1) is 5.92 Å². The fourth-order valence-electron chi connectivity index (χ4n) is 2.77. The Labute approximate surface area is 99.9 Å². The van der Waals surface area contributed by atoms with E-state index in [0.29, 0.717) is 0 Å². The van der Waals surface area contributed by atoms with Crippen LogP contribution in [0.15, 0.2) is 11.6 Å². The Morgan fingerprint density at radius 1 is 1.25 bits per heavy atom. The van der Waals surface area contributed by atoms with E-state index < -0.39 is 0 Å². The molecule has 2 aliphatic rings. The largest absolute Gasteiger partial charge is 0.317 e. The van der Waals surface area contributed by atoms with E-state index in [4.69, 9.17) is 0 Å².